The van der Waals surface area contributed by atoms with E-state index in [0.29, 0.717) is 18.5 Å². The topological polar surface area (TPSA) is 163 Å². The molecule has 10 atom stereocenters. The first kappa shape index (κ1) is 25.4. The highest BCUT2D eigenvalue weighted by Crippen LogP contribution is 2.57. The number of nitrogens with one attached hydrogen (secondary N) is 1. The highest BCUT2D eigenvalue weighted by Gasteiger charge is 2.64. The minimum absolute atomic E-state index is 0.369. The van der Waals surface area contributed by atoms with E-state index in [4.69, 9.17) is 23.7 Å². The van der Waals surface area contributed by atoms with Crippen molar-refractivity contribution in [3.05, 3.63) is 47.4 Å². The third-order valence-corrected chi connectivity index (χ3v) is 9.06. The van der Waals surface area contributed by atoms with Gasteiger partial charge in [0.25, 0.3) is 0 Å². The van der Waals surface area contributed by atoms with E-state index in [9.17, 15) is 25.2 Å². The average molecular weight is 545 g/mol. The molecule has 0 saturated carbocycles. The molecule has 1 aromatic carbocycles. The van der Waals surface area contributed by atoms with Crippen LogP contribution in [-0.2, 0) is 40.6 Å². The molecule has 5 aliphatic rings. The van der Waals surface area contributed by atoms with Crippen molar-refractivity contribution < 1.29 is 48.9 Å². The van der Waals surface area contributed by atoms with Crippen LogP contribution in [0.1, 0.15) is 17.7 Å². The Balaban J connectivity index is 1.25. The number of aromatic amines is 1. The smallest absolute Gasteiger partial charge is 0.337 e. The standard InChI is InChI=1S/C27H32N2O10/c1-35-24(34)15-11-36-25(38-26-22(33)21(32)20(31)18(10-30)37-26)19-14(15)8-27-23-13(6-7-29(27)9-17(19)39-27)12-4-2-3-5-16(12)28-23/h2-5,11,14,17-22,25-26,28,30-33H,6-10H2,1H3/t14-,17+,18+,19+,20+,21+,22+,25+,26+,27+/m1/s1. The van der Waals surface area contributed by atoms with E-state index in [1.165, 1.54) is 18.9 Å². The van der Waals surface area contributed by atoms with E-state index < -0.39 is 67.3 Å². The van der Waals surface area contributed by atoms with Gasteiger partial charge in [-0.25, -0.2) is 4.79 Å². The Morgan fingerprint density at radius 1 is 1.18 bits per heavy atom. The summed E-state index contributed by atoms with van der Waals surface area (Å²) in [7, 11) is 1.32. The van der Waals surface area contributed by atoms with E-state index in [2.05, 4.69) is 16.0 Å². The van der Waals surface area contributed by atoms with E-state index in [1.54, 1.807) is 0 Å². The zero-order chi connectivity index (χ0) is 27.1. The summed E-state index contributed by atoms with van der Waals surface area (Å²) in [6.45, 7) is 0.772. The molecule has 5 aliphatic heterocycles. The summed E-state index contributed by atoms with van der Waals surface area (Å²) in [5.74, 6) is -1.35. The van der Waals surface area contributed by atoms with Crippen molar-refractivity contribution >= 4 is 16.9 Å². The quantitative estimate of drug-likeness (QED) is 0.314. The zero-order valence-corrected chi connectivity index (χ0v) is 21.3. The molecule has 3 fully saturated rings. The lowest BCUT2D eigenvalue weighted by molar-refractivity contribution is -0.350. The average Bonchev–Trinajstić information content (AvgIpc) is 3.48. The number of para-hydroxylation sites is 1. The van der Waals surface area contributed by atoms with Crippen molar-refractivity contribution in [1.82, 2.24) is 9.88 Å². The number of rotatable bonds is 4. The summed E-state index contributed by atoms with van der Waals surface area (Å²) in [4.78, 5) is 18.8. The van der Waals surface area contributed by atoms with Crippen molar-refractivity contribution in [3.8, 4) is 0 Å². The lowest BCUT2D eigenvalue weighted by atomic mass is 9.73. The molecular weight excluding hydrogens is 512 g/mol. The number of aliphatic hydroxyl groups is 4. The van der Waals surface area contributed by atoms with Gasteiger partial charge in [-0.3, -0.25) is 4.90 Å². The van der Waals surface area contributed by atoms with Gasteiger partial charge in [-0.15, -0.1) is 0 Å². The Morgan fingerprint density at radius 2 is 2.00 bits per heavy atom. The number of carbonyl (C=O) groups excluding carboxylic acids is 1. The van der Waals surface area contributed by atoms with Crippen LogP contribution in [0.5, 0.6) is 0 Å². The Bertz CT molecular complexity index is 1310. The molecule has 210 valence electrons. The number of H-pyrrole nitrogens is 1. The fourth-order valence-corrected chi connectivity index (χ4v) is 7.18. The van der Waals surface area contributed by atoms with Gasteiger partial charge in [0.05, 0.1) is 43.3 Å². The number of aromatic nitrogens is 1. The van der Waals surface area contributed by atoms with Crippen molar-refractivity contribution in [2.45, 2.75) is 61.7 Å². The molecule has 7 rings (SSSR count). The molecule has 0 unspecified atom stereocenters. The van der Waals surface area contributed by atoms with Gasteiger partial charge in [-0.2, -0.15) is 0 Å². The van der Waals surface area contributed by atoms with Gasteiger partial charge in [0.15, 0.2) is 12.0 Å². The number of ether oxygens (including phenoxy) is 5. The molecule has 12 nitrogen and oxygen atoms in total. The van der Waals surface area contributed by atoms with Crippen LogP contribution in [0.3, 0.4) is 0 Å². The predicted octanol–water partition coefficient (Wildman–Crippen LogP) is -0.557. The van der Waals surface area contributed by atoms with Crippen LogP contribution >= 0.6 is 0 Å². The number of hydrogen-bond donors (Lipinski definition) is 5. The SMILES string of the molecule is COC(=O)C1=CO[C@@H](O[C@@H]2O[C@@H](CO)[C@H](O)[C@H](O)[C@@H]2O)[C@@H]2[C@@H]3CN4CCc5c([nH]c6ccccc56)[C@]4(C[C@H]12)O3. The van der Waals surface area contributed by atoms with Crippen LogP contribution in [0.15, 0.2) is 36.1 Å². The summed E-state index contributed by atoms with van der Waals surface area (Å²) >= 11 is 0. The lowest BCUT2D eigenvalue weighted by Crippen LogP contribution is -2.61. The van der Waals surface area contributed by atoms with Gasteiger partial charge >= 0.3 is 5.97 Å². The number of fused-ring (bicyclic) bond motifs is 6. The molecule has 2 aromatic rings. The maximum absolute atomic E-state index is 12.9. The second kappa shape index (κ2) is 9.25. The molecule has 5 N–H and O–H groups in total. The second-order valence-electron chi connectivity index (χ2n) is 11.0. The highest BCUT2D eigenvalue weighted by atomic mass is 16.8. The number of benzene rings is 1. The normalized spacial score (nSPS) is 41.3. The minimum atomic E-state index is -1.59. The first-order valence-corrected chi connectivity index (χ1v) is 13.3. The van der Waals surface area contributed by atoms with Gasteiger partial charge in [-0.1, -0.05) is 18.2 Å². The summed E-state index contributed by atoms with van der Waals surface area (Å²) in [5, 5.41) is 41.7. The maximum atomic E-state index is 12.9. The highest BCUT2D eigenvalue weighted by molar-refractivity contribution is 5.89. The molecule has 1 spiro atoms. The van der Waals surface area contributed by atoms with Gasteiger partial charge in [0.2, 0.25) is 6.29 Å². The first-order chi connectivity index (χ1) is 18.9. The van der Waals surface area contributed by atoms with Crippen LogP contribution < -0.4 is 0 Å². The van der Waals surface area contributed by atoms with Crippen molar-refractivity contribution in [3.63, 3.8) is 0 Å². The minimum Gasteiger partial charge on any atom is -0.471 e. The Morgan fingerprint density at radius 3 is 2.79 bits per heavy atom. The predicted molar refractivity (Wildman–Crippen MR) is 132 cm³/mol. The summed E-state index contributed by atoms with van der Waals surface area (Å²) in [6, 6.07) is 8.17. The van der Waals surface area contributed by atoms with E-state index in [-0.39, 0.29) is 5.92 Å². The molecule has 3 saturated heterocycles. The number of methoxy groups -OCH3 is 1. The van der Waals surface area contributed by atoms with Crippen LogP contribution in [0.4, 0.5) is 0 Å². The van der Waals surface area contributed by atoms with Crippen LogP contribution in [-0.4, -0.2) is 106 Å². The third-order valence-electron chi connectivity index (χ3n) is 9.06. The van der Waals surface area contributed by atoms with E-state index in [1.807, 2.05) is 18.2 Å². The number of aliphatic hydroxyl groups excluding tert-OH is 4. The Hall–Kier alpha value is -2.55. The molecular formula is C27H32N2O10. The molecule has 0 radical (unpaired) electrons. The van der Waals surface area contributed by atoms with E-state index >= 15 is 0 Å². The van der Waals surface area contributed by atoms with Crippen molar-refractivity contribution in [2.75, 3.05) is 26.8 Å². The van der Waals surface area contributed by atoms with E-state index in [0.717, 1.165) is 29.6 Å². The molecule has 6 heterocycles. The summed E-state index contributed by atoms with van der Waals surface area (Å²) in [5.41, 5.74) is 2.85. The zero-order valence-electron chi connectivity index (χ0n) is 21.3. The van der Waals surface area contributed by atoms with Gasteiger partial charge in [0.1, 0.15) is 24.4 Å². The fraction of sp³-hybridized carbons (Fsp3) is 0.593. The lowest BCUT2D eigenvalue weighted by Gasteiger charge is -2.50. The molecule has 0 aliphatic carbocycles. The summed E-state index contributed by atoms with van der Waals surface area (Å²) in [6.07, 6.45) is -5.98. The molecule has 2 bridgehead atoms. The molecule has 0 amide bonds. The van der Waals surface area contributed by atoms with Gasteiger partial charge < -0.3 is 49.1 Å². The number of carbonyl (C=O) groups is 1. The maximum Gasteiger partial charge on any atom is 0.337 e. The van der Waals surface area contributed by atoms with Gasteiger partial charge in [-0.05, 0) is 18.1 Å². The molecule has 1 aromatic heterocycles. The monoisotopic (exact) mass is 544 g/mol. The number of nitrogens with zero attached hydrogens (tertiary/aromatic N) is 1. The molecule has 12 heteroatoms. The number of hydrogen-bond acceptors (Lipinski definition) is 11. The van der Waals surface area contributed by atoms with Crippen molar-refractivity contribution in [2.24, 2.45) is 11.8 Å². The van der Waals surface area contributed by atoms with Crippen LogP contribution in [0.2, 0.25) is 0 Å². The van der Waals surface area contributed by atoms with Gasteiger partial charge in [0, 0.05) is 36.3 Å². The molecule has 39 heavy (non-hydrogen) atoms. The Kier molecular flexibility index (Phi) is 6.03. The van der Waals surface area contributed by atoms with Crippen molar-refractivity contribution in [1.29, 1.82) is 0 Å². The summed E-state index contributed by atoms with van der Waals surface area (Å²) < 4.78 is 29.5. The first-order valence-electron chi connectivity index (χ1n) is 13.3. The van der Waals surface area contributed by atoms with Crippen LogP contribution in [0.25, 0.3) is 10.9 Å². The third kappa shape index (κ3) is 3.64. The fourth-order valence-electron chi connectivity index (χ4n) is 7.18. The second-order valence-corrected chi connectivity index (χ2v) is 11.0. The Labute approximate surface area is 223 Å². The van der Waals surface area contributed by atoms with Crippen LogP contribution in [0, 0.1) is 11.8 Å². The largest absolute Gasteiger partial charge is 0.471 e. The number of esters is 1.